The largest absolute Gasteiger partial charge is 0.382 e. The van der Waals surface area contributed by atoms with Crippen molar-refractivity contribution in [1.29, 1.82) is 0 Å². The Balaban J connectivity index is 2.91. The number of alkyl halides is 1. The highest BCUT2D eigenvalue weighted by Crippen LogP contribution is 2.05. The number of aromatic nitrogens is 3. The minimum absolute atomic E-state index is 0.192. The lowest BCUT2D eigenvalue weighted by molar-refractivity contribution is 0.488. The fraction of sp³-hybridized carbons (Fsp3) is 0.250. The molecule has 1 rings (SSSR count). The molecule has 0 aliphatic carbocycles. The summed E-state index contributed by atoms with van der Waals surface area (Å²) in [5, 5.41) is 10.0. The molecular formula is C8H12FN5. The van der Waals surface area contributed by atoms with Crippen LogP contribution >= 0.6 is 0 Å². The van der Waals surface area contributed by atoms with Gasteiger partial charge in [0, 0.05) is 6.42 Å². The molecule has 1 aromatic rings. The molecule has 0 saturated carbocycles. The summed E-state index contributed by atoms with van der Waals surface area (Å²) in [5.41, 5.74) is 6.25. The summed E-state index contributed by atoms with van der Waals surface area (Å²) in [6.07, 6.45) is 4.71. The van der Waals surface area contributed by atoms with Gasteiger partial charge in [0.15, 0.2) is 0 Å². The van der Waals surface area contributed by atoms with Gasteiger partial charge < -0.3 is 11.1 Å². The number of nitrogens with one attached hydrogen (secondary N) is 1. The molecule has 6 heteroatoms. The zero-order valence-corrected chi connectivity index (χ0v) is 7.65. The molecule has 1 aromatic heterocycles. The molecule has 0 radical (unpaired) electrons. The Morgan fingerprint density at radius 3 is 3.00 bits per heavy atom. The highest BCUT2D eigenvalue weighted by atomic mass is 19.1. The third kappa shape index (κ3) is 2.32. The first-order chi connectivity index (χ1) is 6.79. The van der Waals surface area contributed by atoms with Crippen LogP contribution in [0.3, 0.4) is 0 Å². The van der Waals surface area contributed by atoms with E-state index in [4.69, 9.17) is 5.73 Å². The van der Waals surface area contributed by atoms with Crippen LogP contribution in [0.15, 0.2) is 30.9 Å². The zero-order valence-electron chi connectivity index (χ0n) is 7.65. The van der Waals surface area contributed by atoms with Gasteiger partial charge in [0.1, 0.15) is 5.82 Å². The second kappa shape index (κ2) is 5.00. The van der Waals surface area contributed by atoms with Gasteiger partial charge in [-0.1, -0.05) is 11.8 Å². The Morgan fingerprint density at radius 1 is 1.71 bits per heavy atom. The van der Waals surface area contributed by atoms with Crippen molar-refractivity contribution >= 4 is 5.82 Å². The van der Waals surface area contributed by atoms with E-state index >= 15 is 0 Å². The van der Waals surface area contributed by atoms with Gasteiger partial charge in [-0.25, -0.2) is 4.68 Å². The Morgan fingerprint density at radius 2 is 2.50 bits per heavy atom. The van der Waals surface area contributed by atoms with Crippen molar-refractivity contribution in [2.75, 3.05) is 6.67 Å². The lowest BCUT2D eigenvalue weighted by Crippen LogP contribution is -2.18. The van der Waals surface area contributed by atoms with Crippen molar-refractivity contribution in [3.8, 4) is 0 Å². The average molecular weight is 197 g/mol. The molecule has 0 aliphatic heterocycles. The number of hydrogen-bond acceptors (Lipinski definition) is 4. The van der Waals surface area contributed by atoms with Gasteiger partial charge in [-0.05, 0) is 6.20 Å². The Kier molecular flexibility index (Phi) is 3.66. The number of nitrogens with two attached hydrogens (primary N) is 1. The second-order valence-electron chi connectivity index (χ2n) is 2.50. The summed E-state index contributed by atoms with van der Waals surface area (Å²) >= 11 is 0. The molecule has 14 heavy (non-hydrogen) atoms. The van der Waals surface area contributed by atoms with Crippen molar-refractivity contribution in [3.63, 3.8) is 0 Å². The monoisotopic (exact) mass is 197 g/mol. The van der Waals surface area contributed by atoms with Crippen LogP contribution in [0.5, 0.6) is 0 Å². The van der Waals surface area contributed by atoms with Gasteiger partial charge in [0.05, 0.1) is 24.8 Å². The van der Waals surface area contributed by atoms with Gasteiger partial charge in [-0.15, -0.1) is 5.10 Å². The minimum Gasteiger partial charge on any atom is -0.382 e. The zero-order chi connectivity index (χ0) is 10.4. The Labute approximate surface area is 81.1 Å². The van der Waals surface area contributed by atoms with Crippen molar-refractivity contribution < 1.29 is 4.39 Å². The van der Waals surface area contributed by atoms with E-state index in [-0.39, 0.29) is 6.42 Å². The Bertz CT molecular complexity index is 316. The van der Waals surface area contributed by atoms with Crippen molar-refractivity contribution in [2.45, 2.75) is 6.42 Å². The summed E-state index contributed by atoms with van der Waals surface area (Å²) < 4.78 is 13.5. The van der Waals surface area contributed by atoms with E-state index in [1.54, 1.807) is 6.20 Å². The van der Waals surface area contributed by atoms with Crippen LogP contribution in [-0.4, -0.2) is 21.7 Å². The SMILES string of the molecule is C=CN/C(CCF)=C(/N)n1ccnn1. The van der Waals surface area contributed by atoms with Crippen molar-refractivity contribution in [1.82, 2.24) is 20.3 Å². The molecule has 0 aromatic carbocycles. The molecule has 0 fully saturated rings. The maximum Gasteiger partial charge on any atom is 0.146 e. The van der Waals surface area contributed by atoms with Crippen LogP contribution in [0, 0.1) is 0 Å². The van der Waals surface area contributed by atoms with Crippen LogP contribution in [0.25, 0.3) is 5.82 Å². The highest BCUT2D eigenvalue weighted by molar-refractivity contribution is 5.44. The summed E-state index contributed by atoms with van der Waals surface area (Å²) in [6.45, 7) is 2.98. The molecule has 0 atom stereocenters. The summed E-state index contributed by atoms with van der Waals surface area (Å²) in [7, 11) is 0. The molecule has 0 saturated heterocycles. The lowest BCUT2D eigenvalue weighted by Gasteiger charge is -2.09. The van der Waals surface area contributed by atoms with Crippen molar-refractivity contribution in [3.05, 3.63) is 30.9 Å². The quantitative estimate of drug-likeness (QED) is 0.719. The van der Waals surface area contributed by atoms with E-state index in [2.05, 4.69) is 22.2 Å². The van der Waals surface area contributed by atoms with Crippen molar-refractivity contribution in [2.24, 2.45) is 5.73 Å². The number of rotatable bonds is 5. The first-order valence-corrected chi connectivity index (χ1v) is 4.08. The molecule has 0 unspecified atom stereocenters. The molecule has 0 spiro atoms. The van der Waals surface area contributed by atoms with Crippen LogP contribution in [0.1, 0.15) is 6.42 Å². The third-order valence-corrected chi connectivity index (χ3v) is 1.60. The first kappa shape index (κ1) is 10.2. The maximum absolute atomic E-state index is 12.2. The molecule has 0 amide bonds. The smallest absolute Gasteiger partial charge is 0.146 e. The van der Waals surface area contributed by atoms with E-state index in [9.17, 15) is 4.39 Å². The summed E-state index contributed by atoms with van der Waals surface area (Å²) in [6, 6.07) is 0. The topological polar surface area (TPSA) is 68.8 Å². The van der Waals surface area contributed by atoms with Crippen LogP contribution in [-0.2, 0) is 0 Å². The van der Waals surface area contributed by atoms with E-state index < -0.39 is 6.67 Å². The van der Waals surface area contributed by atoms with Gasteiger partial charge in [-0.2, -0.15) is 0 Å². The maximum atomic E-state index is 12.2. The molecule has 3 N–H and O–H groups in total. The first-order valence-electron chi connectivity index (χ1n) is 4.08. The normalized spacial score (nSPS) is 12.1. The summed E-state index contributed by atoms with van der Waals surface area (Å²) in [5.74, 6) is 0.319. The number of hydrogen-bond donors (Lipinski definition) is 2. The van der Waals surface area contributed by atoms with Crippen LogP contribution in [0.2, 0.25) is 0 Å². The van der Waals surface area contributed by atoms with Gasteiger partial charge in [-0.3, -0.25) is 4.39 Å². The van der Waals surface area contributed by atoms with E-state index in [0.717, 1.165) is 0 Å². The molecule has 0 aliphatic rings. The fourth-order valence-electron chi connectivity index (χ4n) is 0.967. The number of allylic oxidation sites excluding steroid dienone is 1. The van der Waals surface area contributed by atoms with Gasteiger partial charge >= 0.3 is 0 Å². The molecule has 0 bridgehead atoms. The number of halogens is 1. The van der Waals surface area contributed by atoms with Gasteiger partial charge in [0.2, 0.25) is 0 Å². The third-order valence-electron chi connectivity index (χ3n) is 1.60. The van der Waals surface area contributed by atoms with E-state index in [1.807, 2.05) is 0 Å². The predicted molar refractivity (Wildman–Crippen MR) is 51.4 cm³/mol. The number of nitrogens with zero attached hydrogens (tertiary/aromatic N) is 3. The Hall–Kier alpha value is -1.85. The average Bonchev–Trinajstić information content (AvgIpc) is 2.69. The molecule has 1 heterocycles. The van der Waals surface area contributed by atoms with Crippen LogP contribution in [0.4, 0.5) is 4.39 Å². The van der Waals surface area contributed by atoms with E-state index in [1.165, 1.54) is 17.1 Å². The minimum atomic E-state index is -0.494. The lowest BCUT2D eigenvalue weighted by atomic mass is 10.3. The highest BCUT2D eigenvalue weighted by Gasteiger charge is 2.04. The standard InChI is InChI=1S/C8H12FN5/c1-2-11-7(3-4-9)8(10)14-6-5-12-13-14/h2,5-6,11H,1,3-4,10H2/b8-7-. The second-order valence-corrected chi connectivity index (χ2v) is 2.50. The van der Waals surface area contributed by atoms with Crippen LogP contribution < -0.4 is 11.1 Å². The fourth-order valence-corrected chi connectivity index (χ4v) is 0.967. The molecule has 5 nitrogen and oxygen atoms in total. The van der Waals surface area contributed by atoms with Gasteiger partial charge in [0.25, 0.3) is 0 Å². The molecule has 76 valence electrons. The molecular weight excluding hydrogens is 185 g/mol. The van der Waals surface area contributed by atoms with E-state index in [0.29, 0.717) is 11.5 Å². The summed E-state index contributed by atoms with van der Waals surface area (Å²) in [4.78, 5) is 0. The predicted octanol–water partition coefficient (Wildman–Crippen LogP) is 0.456.